The summed E-state index contributed by atoms with van der Waals surface area (Å²) in [7, 11) is -1.89. The molecule has 0 aromatic heterocycles. The summed E-state index contributed by atoms with van der Waals surface area (Å²) in [5.74, 6) is 0. The van der Waals surface area contributed by atoms with Crippen molar-refractivity contribution in [2.45, 2.75) is 162 Å². The number of hydrogen-bond acceptors (Lipinski definition) is 4. The Kier molecular flexibility index (Phi) is 32.9. The highest BCUT2D eigenvalue weighted by molar-refractivity contribution is 6.66. The summed E-state index contributed by atoms with van der Waals surface area (Å²) in [6.45, 7) is 23.0. The first kappa shape index (κ1) is 42.8. The quantitative estimate of drug-likeness (QED) is 0.0398. The molecule has 256 valence electrons. The minimum atomic E-state index is -2.14. The molecule has 0 saturated heterocycles. The SMILES string of the molecule is CCCCC/C=C\CCCO[Si](C)(CCCCN(CC)CCCN(CC)CCCC[SiH2]C)OCCC/C=C\CCCCC. The van der Waals surface area contributed by atoms with Gasteiger partial charge in [0.2, 0.25) is 0 Å². The van der Waals surface area contributed by atoms with Gasteiger partial charge < -0.3 is 18.7 Å². The van der Waals surface area contributed by atoms with Gasteiger partial charge in [0.05, 0.1) is 0 Å². The first-order chi connectivity index (χ1) is 21.0. The second-order valence-corrected chi connectivity index (χ2v) is 17.8. The Balaban J connectivity index is 4.50. The molecule has 6 heteroatoms. The van der Waals surface area contributed by atoms with Crippen LogP contribution in [0.4, 0.5) is 0 Å². The largest absolute Gasteiger partial charge is 0.394 e. The van der Waals surface area contributed by atoms with Crippen LogP contribution in [-0.2, 0) is 8.85 Å². The van der Waals surface area contributed by atoms with E-state index in [2.05, 4.69) is 74.9 Å². The molecule has 0 aliphatic carbocycles. The van der Waals surface area contributed by atoms with Gasteiger partial charge >= 0.3 is 8.56 Å². The monoisotopic (exact) mass is 639 g/mol. The molecule has 0 saturated carbocycles. The molecule has 43 heavy (non-hydrogen) atoms. The maximum atomic E-state index is 6.58. The second kappa shape index (κ2) is 33.1. The van der Waals surface area contributed by atoms with Crippen molar-refractivity contribution in [3.8, 4) is 0 Å². The molecular formula is C37H78N2O2Si2. The van der Waals surface area contributed by atoms with E-state index in [-0.39, 0.29) is 9.52 Å². The number of allylic oxidation sites excluding steroid dienone is 4. The fourth-order valence-electron chi connectivity index (χ4n) is 5.58. The van der Waals surface area contributed by atoms with Crippen LogP contribution in [0.1, 0.15) is 137 Å². The van der Waals surface area contributed by atoms with Gasteiger partial charge in [-0.15, -0.1) is 0 Å². The Bertz CT molecular complexity index is 589. The van der Waals surface area contributed by atoms with Gasteiger partial charge in [-0.3, -0.25) is 0 Å². The van der Waals surface area contributed by atoms with Crippen LogP contribution in [0.5, 0.6) is 0 Å². The highest BCUT2D eigenvalue weighted by Gasteiger charge is 2.30. The summed E-state index contributed by atoms with van der Waals surface area (Å²) in [6.07, 6.45) is 30.9. The molecule has 0 spiro atoms. The number of rotatable bonds is 34. The van der Waals surface area contributed by atoms with Gasteiger partial charge in [0.15, 0.2) is 0 Å². The minimum absolute atomic E-state index is 0.247. The van der Waals surface area contributed by atoms with E-state index >= 15 is 0 Å². The van der Waals surface area contributed by atoms with Crippen LogP contribution >= 0.6 is 0 Å². The van der Waals surface area contributed by atoms with Gasteiger partial charge in [-0.05, 0) is 122 Å². The summed E-state index contributed by atoms with van der Waals surface area (Å²) >= 11 is 0. The number of unbranched alkanes of at least 4 members (excludes halogenated alkanes) is 10. The Morgan fingerprint density at radius 1 is 0.535 bits per heavy atom. The van der Waals surface area contributed by atoms with E-state index in [9.17, 15) is 0 Å². The fourth-order valence-corrected chi connectivity index (χ4v) is 8.85. The van der Waals surface area contributed by atoms with Crippen molar-refractivity contribution in [2.75, 3.05) is 52.5 Å². The van der Waals surface area contributed by atoms with Gasteiger partial charge in [0, 0.05) is 22.7 Å². The third kappa shape index (κ3) is 28.9. The molecule has 0 rings (SSSR count). The second-order valence-electron chi connectivity index (χ2n) is 12.8. The molecule has 0 atom stereocenters. The van der Waals surface area contributed by atoms with E-state index in [1.54, 1.807) is 0 Å². The van der Waals surface area contributed by atoms with Crippen LogP contribution in [0.2, 0.25) is 25.2 Å². The first-order valence-electron chi connectivity index (χ1n) is 19.1. The smallest absolute Gasteiger partial charge is 0.334 e. The molecule has 0 aromatic carbocycles. The van der Waals surface area contributed by atoms with E-state index in [1.165, 1.54) is 122 Å². The number of hydrogen-bond donors (Lipinski definition) is 0. The Morgan fingerprint density at radius 3 is 1.42 bits per heavy atom. The Labute approximate surface area is 274 Å². The molecule has 0 radical (unpaired) electrons. The molecule has 0 fully saturated rings. The minimum Gasteiger partial charge on any atom is -0.394 e. The zero-order valence-corrected chi connectivity index (χ0v) is 32.7. The van der Waals surface area contributed by atoms with Gasteiger partial charge in [0.25, 0.3) is 0 Å². The molecule has 0 heterocycles. The van der Waals surface area contributed by atoms with Crippen LogP contribution in [0, 0.1) is 0 Å². The normalized spacial score (nSPS) is 12.9. The average Bonchev–Trinajstić information content (AvgIpc) is 3.01. The van der Waals surface area contributed by atoms with Crippen molar-refractivity contribution in [3.63, 3.8) is 0 Å². The van der Waals surface area contributed by atoms with Gasteiger partial charge in [0.1, 0.15) is 0 Å². The summed E-state index contributed by atoms with van der Waals surface area (Å²) in [6, 6.07) is 2.64. The van der Waals surface area contributed by atoms with Gasteiger partial charge in [-0.2, -0.15) is 0 Å². The van der Waals surface area contributed by atoms with E-state index in [1.807, 2.05) is 0 Å². The highest BCUT2D eigenvalue weighted by atomic mass is 28.4. The molecule has 4 nitrogen and oxygen atoms in total. The molecular weight excluding hydrogens is 561 g/mol. The molecule has 0 amide bonds. The maximum absolute atomic E-state index is 6.58. The van der Waals surface area contributed by atoms with Crippen molar-refractivity contribution in [1.29, 1.82) is 0 Å². The highest BCUT2D eigenvalue weighted by Crippen LogP contribution is 2.19. The Morgan fingerprint density at radius 2 is 0.977 bits per heavy atom. The summed E-state index contributed by atoms with van der Waals surface area (Å²) < 4.78 is 13.2. The molecule has 0 bridgehead atoms. The maximum Gasteiger partial charge on any atom is 0.334 e. The summed E-state index contributed by atoms with van der Waals surface area (Å²) in [5, 5.41) is 0. The van der Waals surface area contributed by atoms with Crippen molar-refractivity contribution >= 4 is 18.1 Å². The van der Waals surface area contributed by atoms with E-state index in [4.69, 9.17) is 8.85 Å². The van der Waals surface area contributed by atoms with E-state index in [0.29, 0.717) is 0 Å². The van der Waals surface area contributed by atoms with Crippen LogP contribution in [0.3, 0.4) is 0 Å². The zero-order valence-electron chi connectivity index (χ0n) is 30.3. The van der Waals surface area contributed by atoms with Crippen molar-refractivity contribution in [3.05, 3.63) is 24.3 Å². The van der Waals surface area contributed by atoms with Crippen LogP contribution in [-0.4, -0.2) is 80.4 Å². The lowest BCUT2D eigenvalue weighted by Gasteiger charge is -2.28. The first-order valence-corrected chi connectivity index (χ1v) is 24.0. The van der Waals surface area contributed by atoms with Crippen molar-refractivity contribution in [1.82, 2.24) is 9.80 Å². The summed E-state index contributed by atoms with van der Waals surface area (Å²) in [4.78, 5) is 5.33. The predicted octanol–water partition coefficient (Wildman–Crippen LogP) is 10.2. The van der Waals surface area contributed by atoms with E-state index in [0.717, 1.165) is 51.5 Å². The lowest BCUT2D eigenvalue weighted by molar-refractivity contribution is 0.168. The lowest BCUT2D eigenvalue weighted by Crippen LogP contribution is -2.39. The topological polar surface area (TPSA) is 24.9 Å². The third-order valence-electron chi connectivity index (χ3n) is 8.65. The fraction of sp³-hybridized carbons (Fsp3) is 0.892. The van der Waals surface area contributed by atoms with Crippen molar-refractivity contribution < 1.29 is 8.85 Å². The van der Waals surface area contributed by atoms with Gasteiger partial charge in [-0.1, -0.05) is 103 Å². The molecule has 0 aliphatic rings. The standard InChI is InChI=1S/C37H78N2O2Si2/c1-7-11-13-15-17-19-21-25-34-40-43(6,41-35-26-22-20-18-16-14-12-8-2)37-28-24-31-39(10-4)33-29-32-38(9-3)30-23-27-36-42-5/h17-20H,7-16,21-37,42H2,1-6H3/b19-17-,20-18-. The number of nitrogens with zero attached hydrogens (tertiary/aromatic N) is 2. The predicted molar refractivity (Wildman–Crippen MR) is 200 cm³/mol. The molecule has 0 aromatic rings. The molecule has 0 aliphatic heterocycles. The molecule has 0 N–H and O–H groups in total. The van der Waals surface area contributed by atoms with Gasteiger partial charge in [-0.25, -0.2) is 0 Å². The van der Waals surface area contributed by atoms with Crippen molar-refractivity contribution in [2.24, 2.45) is 0 Å². The summed E-state index contributed by atoms with van der Waals surface area (Å²) in [5.41, 5.74) is 0. The zero-order chi connectivity index (χ0) is 31.7. The average molecular weight is 639 g/mol. The van der Waals surface area contributed by atoms with Crippen LogP contribution < -0.4 is 0 Å². The third-order valence-corrected chi connectivity index (χ3v) is 12.8. The lowest BCUT2D eigenvalue weighted by atomic mass is 10.2. The van der Waals surface area contributed by atoms with Crippen LogP contribution in [0.25, 0.3) is 0 Å². The molecule has 0 unspecified atom stereocenters. The Hall–Kier alpha value is -0.246. The van der Waals surface area contributed by atoms with Crippen LogP contribution in [0.15, 0.2) is 24.3 Å². The van der Waals surface area contributed by atoms with E-state index < -0.39 is 8.56 Å².